The van der Waals surface area contributed by atoms with Gasteiger partial charge in [-0.2, -0.15) is 0 Å². The highest BCUT2D eigenvalue weighted by Gasteiger charge is 2.11. The standard InChI is InChI=1S/C25H29NO4/c1-3-19(2)23-11-4-5-12-24(23)30-18-25(27)26-15-20-8-6-9-21(14-20)16-28-17-22-10-7-13-29-22/h4-14,19H,3,15-18H2,1-2H3,(H,26,27). The zero-order valence-corrected chi connectivity index (χ0v) is 17.6. The first-order valence-electron chi connectivity index (χ1n) is 10.3. The highest BCUT2D eigenvalue weighted by Crippen LogP contribution is 2.28. The summed E-state index contributed by atoms with van der Waals surface area (Å²) in [6, 6.07) is 19.6. The molecule has 0 saturated carbocycles. The summed E-state index contributed by atoms with van der Waals surface area (Å²) >= 11 is 0. The van der Waals surface area contributed by atoms with Gasteiger partial charge in [0.25, 0.3) is 5.91 Å². The van der Waals surface area contributed by atoms with Crippen molar-refractivity contribution < 1.29 is 18.7 Å². The average molecular weight is 408 g/mol. The fourth-order valence-electron chi connectivity index (χ4n) is 3.13. The molecule has 0 bridgehead atoms. The summed E-state index contributed by atoms with van der Waals surface area (Å²) in [7, 11) is 0. The van der Waals surface area contributed by atoms with Gasteiger partial charge in [-0.25, -0.2) is 0 Å². The van der Waals surface area contributed by atoms with Crippen molar-refractivity contribution in [2.45, 2.75) is 45.9 Å². The minimum atomic E-state index is -0.145. The molecule has 0 aliphatic heterocycles. The SMILES string of the molecule is CCC(C)c1ccccc1OCC(=O)NCc1cccc(COCc2ccco2)c1. The summed E-state index contributed by atoms with van der Waals surface area (Å²) in [4.78, 5) is 12.3. The molecule has 30 heavy (non-hydrogen) atoms. The van der Waals surface area contributed by atoms with Crippen LogP contribution in [0.25, 0.3) is 0 Å². The molecule has 1 unspecified atom stereocenters. The van der Waals surface area contributed by atoms with Crippen LogP contribution in [0.5, 0.6) is 5.75 Å². The normalized spacial score (nSPS) is 11.8. The van der Waals surface area contributed by atoms with Gasteiger partial charge in [-0.1, -0.05) is 56.3 Å². The molecule has 0 fully saturated rings. The molecule has 0 saturated heterocycles. The van der Waals surface area contributed by atoms with E-state index in [1.165, 1.54) is 0 Å². The largest absolute Gasteiger partial charge is 0.483 e. The fraction of sp³-hybridized carbons (Fsp3) is 0.320. The van der Waals surface area contributed by atoms with Crippen LogP contribution in [0.3, 0.4) is 0 Å². The second-order valence-corrected chi connectivity index (χ2v) is 7.30. The number of para-hydroxylation sites is 1. The van der Waals surface area contributed by atoms with Gasteiger partial charge in [-0.05, 0) is 47.2 Å². The van der Waals surface area contributed by atoms with Crippen LogP contribution < -0.4 is 10.1 Å². The van der Waals surface area contributed by atoms with Gasteiger partial charge in [-0.15, -0.1) is 0 Å². The number of furan rings is 1. The highest BCUT2D eigenvalue weighted by molar-refractivity contribution is 5.77. The van der Waals surface area contributed by atoms with Crippen molar-refractivity contribution in [3.8, 4) is 5.75 Å². The van der Waals surface area contributed by atoms with E-state index in [2.05, 4.69) is 25.2 Å². The van der Waals surface area contributed by atoms with Gasteiger partial charge in [0.15, 0.2) is 6.61 Å². The lowest BCUT2D eigenvalue weighted by atomic mass is 9.98. The molecule has 3 rings (SSSR count). The lowest BCUT2D eigenvalue weighted by Crippen LogP contribution is -2.28. The van der Waals surface area contributed by atoms with Gasteiger partial charge in [-0.3, -0.25) is 4.79 Å². The maximum Gasteiger partial charge on any atom is 0.258 e. The third-order valence-electron chi connectivity index (χ3n) is 5.00. The molecule has 1 amide bonds. The van der Waals surface area contributed by atoms with E-state index in [1.54, 1.807) is 6.26 Å². The zero-order valence-electron chi connectivity index (χ0n) is 17.6. The Labute approximate surface area is 178 Å². The Morgan fingerprint density at radius 3 is 2.67 bits per heavy atom. The summed E-state index contributed by atoms with van der Waals surface area (Å²) in [5.41, 5.74) is 3.20. The van der Waals surface area contributed by atoms with Crippen LogP contribution >= 0.6 is 0 Å². The Morgan fingerprint density at radius 1 is 1.03 bits per heavy atom. The summed E-state index contributed by atoms with van der Waals surface area (Å²) in [5, 5.41) is 2.92. The molecular formula is C25H29NO4. The van der Waals surface area contributed by atoms with Crippen molar-refractivity contribution in [3.05, 3.63) is 89.4 Å². The molecule has 1 aromatic heterocycles. The molecule has 5 nitrogen and oxygen atoms in total. The van der Waals surface area contributed by atoms with E-state index in [0.29, 0.717) is 25.7 Å². The van der Waals surface area contributed by atoms with Crippen LogP contribution in [-0.2, 0) is 29.3 Å². The molecule has 158 valence electrons. The van der Waals surface area contributed by atoms with E-state index in [1.807, 2.05) is 54.6 Å². The van der Waals surface area contributed by atoms with Crippen LogP contribution in [0.15, 0.2) is 71.3 Å². The Kier molecular flexibility index (Phi) is 8.10. The van der Waals surface area contributed by atoms with Crippen molar-refractivity contribution in [3.63, 3.8) is 0 Å². The first-order valence-corrected chi connectivity index (χ1v) is 10.3. The Morgan fingerprint density at radius 2 is 1.87 bits per heavy atom. The lowest BCUT2D eigenvalue weighted by molar-refractivity contribution is -0.123. The third-order valence-corrected chi connectivity index (χ3v) is 5.00. The average Bonchev–Trinajstić information content (AvgIpc) is 3.30. The zero-order chi connectivity index (χ0) is 21.2. The quantitative estimate of drug-likeness (QED) is 0.474. The molecule has 0 aliphatic carbocycles. The molecule has 2 aromatic carbocycles. The minimum absolute atomic E-state index is 0.000599. The van der Waals surface area contributed by atoms with Crippen LogP contribution in [-0.4, -0.2) is 12.5 Å². The topological polar surface area (TPSA) is 60.7 Å². The van der Waals surface area contributed by atoms with Crippen molar-refractivity contribution in [2.24, 2.45) is 0 Å². The summed E-state index contributed by atoms with van der Waals surface area (Å²) < 4.78 is 16.7. The van der Waals surface area contributed by atoms with Gasteiger partial charge in [0.2, 0.25) is 0 Å². The lowest BCUT2D eigenvalue weighted by Gasteiger charge is -2.15. The predicted octanol–water partition coefficient (Wildman–Crippen LogP) is 5.21. The van der Waals surface area contributed by atoms with Crippen molar-refractivity contribution in [2.75, 3.05) is 6.61 Å². The first kappa shape index (κ1) is 21.7. The van der Waals surface area contributed by atoms with E-state index >= 15 is 0 Å². The number of nitrogens with one attached hydrogen (secondary N) is 1. The molecule has 5 heteroatoms. The Hall–Kier alpha value is -3.05. The fourth-order valence-corrected chi connectivity index (χ4v) is 3.13. The van der Waals surface area contributed by atoms with Crippen LogP contribution in [0.1, 0.15) is 48.6 Å². The number of amides is 1. The van der Waals surface area contributed by atoms with Gasteiger partial charge >= 0.3 is 0 Å². The number of hydrogen-bond acceptors (Lipinski definition) is 4. The third kappa shape index (κ3) is 6.49. The molecule has 1 heterocycles. The van der Waals surface area contributed by atoms with E-state index in [0.717, 1.165) is 34.6 Å². The molecule has 1 N–H and O–H groups in total. The molecule has 1 atom stereocenters. The van der Waals surface area contributed by atoms with E-state index in [4.69, 9.17) is 13.9 Å². The number of rotatable bonds is 11. The number of carbonyl (C=O) groups excluding carboxylic acids is 1. The summed E-state index contributed by atoms with van der Waals surface area (Å²) in [5.74, 6) is 1.82. The molecular weight excluding hydrogens is 378 g/mol. The molecule has 3 aromatic rings. The second-order valence-electron chi connectivity index (χ2n) is 7.30. The number of carbonyl (C=O) groups is 1. The van der Waals surface area contributed by atoms with Gasteiger partial charge in [0.05, 0.1) is 12.9 Å². The summed E-state index contributed by atoms with van der Waals surface area (Å²) in [6.07, 6.45) is 2.66. The predicted molar refractivity (Wildman–Crippen MR) is 116 cm³/mol. The van der Waals surface area contributed by atoms with E-state index in [-0.39, 0.29) is 12.5 Å². The van der Waals surface area contributed by atoms with Crippen molar-refractivity contribution >= 4 is 5.91 Å². The van der Waals surface area contributed by atoms with Gasteiger partial charge in [0.1, 0.15) is 18.1 Å². The molecule has 0 spiro atoms. The smallest absolute Gasteiger partial charge is 0.258 e. The van der Waals surface area contributed by atoms with Gasteiger partial charge in [0, 0.05) is 6.54 Å². The summed E-state index contributed by atoms with van der Waals surface area (Å²) in [6.45, 7) is 5.67. The van der Waals surface area contributed by atoms with Crippen LogP contribution in [0, 0.1) is 0 Å². The Balaban J connectivity index is 1.44. The Bertz CT molecular complexity index is 920. The number of benzene rings is 2. The first-order chi connectivity index (χ1) is 14.7. The van der Waals surface area contributed by atoms with Crippen LogP contribution in [0.2, 0.25) is 0 Å². The number of ether oxygens (including phenoxy) is 2. The van der Waals surface area contributed by atoms with Crippen molar-refractivity contribution in [1.82, 2.24) is 5.32 Å². The minimum Gasteiger partial charge on any atom is -0.483 e. The van der Waals surface area contributed by atoms with E-state index in [9.17, 15) is 4.79 Å². The maximum atomic E-state index is 12.3. The van der Waals surface area contributed by atoms with Gasteiger partial charge < -0.3 is 19.2 Å². The molecule has 0 aliphatic rings. The highest BCUT2D eigenvalue weighted by atomic mass is 16.5. The van der Waals surface area contributed by atoms with Crippen molar-refractivity contribution in [1.29, 1.82) is 0 Å². The second kappa shape index (κ2) is 11.2. The van der Waals surface area contributed by atoms with E-state index < -0.39 is 0 Å². The molecule has 0 radical (unpaired) electrons. The maximum absolute atomic E-state index is 12.3. The number of hydrogen-bond donors (Lipinski definition) is 1. The van der Waals surface area contributed by atoms with Crippen LogP contribution in [0.4, 0.5) is 0 Å². The monoisotopic (exact) mass is 407 g/mol.